The lowest BCUT2D eigenvalue weighted by atomic mass is 9.96. The van der Waals surface area contributed by atoms with Gasteiger partial charge in [-0.2, -0.15) is 0 Å². The van der Waals surface area contributed by atoms with Crippen LogP contribution in [0.1, 0.15) is 17.9 Å². The topological polar surface area (TPSA) is 57.5 Å². The molecule has 0 fully saturated rings. The Balaban J connectivity index is 2.99. The highest BCUT2D eigenvalue weighted by molar-refractivity contribution is 9.10. The van der Waals surface area contributed by atoms with Gasteiger partial charge in [-0.3, -0.25) is 4.79 Å². The number of hydrogen-bond acceptors (Lipinski definition) is 2. The summed E-state index contributed by atoms with van der Waals surface area (Å²) in [5, 5.41) is 17.7. The second kappa shape index (κ2) is 5.12. The van der Waals surface area contributed by atoms with E-state index in [-0.39, 0.29) is 13.0 Å². The predicted molar refractivity (Wildman–Crippen MR) is 56.2 cm³/mol. The van der Waals surface area contributed by atoms with Crippen LogP contribution in [0.2, 0.25) is 0 Å². The molecule has 1 aromatic carbocycles. The number of aliphatic hydroxyl groups is 1. The van der Waals surface area contributed by atoms with Crippen LogP contribution < -0.4 is 0 Å². The molecule has 1 atom stereocenters. The Labute approximate surface area is 90.5 Å². The first-order valence-corrected chi connectivity index (χ1v) is 5.04. The molecule has 0 aliphatic rings. The van der Waals surface area contributed by atoms with Gasteiger partial charge in [0, 0.05) is 11.1 Å². The largest absolute Gasteiger partial charge is 0.481 e. The highest BCUT2D eigenvalue weighted by Gasteiger charge is 2.20. The minimum atomic E-state index is -0.911. The molecule has 0 amide bonds. The molecular weight excluding hydrogens is 248 g/mol. The first-order valence-electron chi connectivity index (χ1n) is 4.25. The molecule has 0 spiro atoms. The third kappa shape index (κ3) is 2.56. The summed E-state index contributed by atoms with van der Waals surface area (Å²) in [5.41, 5.74) is 0.703. The van der Waals surface area contributed by atoms with E-state index >= 15 is 0 Å². The summed E-state index contributed by atoms with van der Waals surface area (Å²) in [6, 6.07) is 7.15. The number of hydrogen-bond donors (Lipinski definition) is 2. The fourth-order valence-corrected chi connectivity index (χ4v) is 1.86. The third-order valence-corrected chi connectivity index (χ3v) is 2.72. The van der Waals surface area contributed by atoms with Crippen molar-refractivity contribution in [1.29, 1.82) is 0 Å². The number of halogens is 1. The zero-order chi connectivity index (χ0) is 10.6. The van der Waals surface area contributed by atoms with Gasteiger partial charge in [0.1, 0.15) is 0 Å². The lowest BCUT2D eigenvalue weighted by Gasteiger charge is -2.12. The van der Waals surface area contributed by atoms with Gasteiger partial charge < -0.3 is 10.2 Å². The average molecular weight is 259 g/mol. The van der Waals surface area contributed by atoms with Crippen LogP contribution in [0, 0.1) is 0 Å². The molecule has 1 unspecified atom stereocenters. The maximum Gasteiger partial charge on any atom is 0.311 e. The van der Waals surface area contributed by atoms with Crippen molar-refractivity contribution in [3.8, 4) is 0 Å². The van der Waals surface area contributed by atoms with Crippen LogP contribution in [-0.2, 0) is 4.79 Å². The quantitative estimate of drug-likeness (QED) is 0.869. The summed E-state index contributed by atoms with van der Waals surface area (Å²) in [4.78, 5) is 10.9. The molecule has 0 bridgehead atoms. The standard InChI is InChI=1S/C10H11BrO3/c11-9-4-2-1-3-7(9)8(5-6-12)10(13)14/h1-4,8,12H,5-6H2,(H,13,14). The summed E-state index contributed by atoms with van der Waals surface area (Å²) >= 11 is 3.29. The zero-order valence-electron chi connectivity index (χ0n) is 7.48. The van der Waals surface area contributed by atoms with Crippen molar-refractivity contribution in [3.63, 3.8) is 0 Å². The van der Waals surface area contributed by atoms with Gasteiger partial charge in [0.25, 0.3) is 0 Å². The Morgan fingerprint density at radius 2 is 2.07 bits per heavy atom. The number of carbonyl (C=O) groups is 1. The van der Waals surface area contributed by atoms with Crippen molar-refractivity contribution in [2.24, 2.45) is 0 Å². The van der Waals surface area contributed by atoms with Crippen LogP contribution in [0.5, 0.6) is 0 Å². The van der Waals surface area contributed by atoms with Crippen molar-refractivity contribution in [3.05, 3.63) is 34.3 Å². The molecule has 1 aromatic rings. The maximum atomic E-state index is 10.9. The SMILES string of the molecule is O=C(O)C(CCO)c1ccccc1Br. The van der Waals surface area contributed by atoms with Gasteiger partial charge in [0.15, 0.2) is 0 Å². The monoisotopic (exact) mass is 258 g/mol. The molecule has 14 heavy (non-hydrogen) atoms. The van der Waals surface area contributed by atoms with E-state index in [1.54, 1.807) is 18.2 Å². The first kappa shape index (κ1) is 11.2. The Kier molecular flexibility index (Phi) is 4.10. The van der Waals surface area contributed by atoms with E-state index in [1.807, 2.05) is 6.07 Å². The maximum absolute atomic E-state index is 10.9. The minimum absolute atomic E-state index is 0.127. The van der Waals surface area contributed by atoms with Crippen LogP contribution >= 0.6 is 15.9 Å². The van der Waals surface area contributed by atoms with E-state index in [0.29, 0.717) is 5.56 Å². The van der Waals surface area contributed by atoms with Gasteiger partial charge >= 0.3 is 5.97 Å². The van der Waals surface area contributed by atoms with Gasteiger partial charge in [-0.25, -0.2) is 0 Å². The lowest BCUT2D eigenvalue weighted by molar-refractivity contribution is -0.139. The van der Waals surface area contributed by atoms with Gasteiger partial charge in [-0.1, -0.05) is 34.1 Å². The highest BCUT2D eigenvalue weighted by Crippen LogP contribution is 2.27. The minimum Gasteiger partial charge on any atom is -0.481 e. The van der Waals surface area contributed by atoms with Crippen molar-refractivity contribution >= 4 is 21.9 Å². The van der Waals surface area contributed by atoms with Crippen molar-refractivity contribution < 1.29 is 15.0 Å². The lowest BCUT2D eigenvalue weighted by Crippen LogP contribution is -2.13. The second-order valence-corrected chi connectivity index (χ2v) is 3.78. The zero-order valence-corrected chi connectivity index (χ0v) is 9.07. The molecule has 4 heteroatoms. The van der Waals surface area contributed by atoms with Crippen LogP contribution in [0.4, 0.5) is 0 Å². The normalized spacial score (nSPS) is 12.4. The van der Waals surface area contributed by atoms with Crippen molar-refractivity contribution in [2.75, 3.05) is 6.61 Å². The van der Waals surface area contributed by atoms with Gasteiger partial charge in [-0.15, -0.1) is 0 Å². The van der Waals surface area contributed by atoms with E-state index in [1.165, 1.54) is 0 Å². The number of carboxylic acids is 1. The Bertz CT molecular complexity index is 325. The van der Waals surface area contributed by atoms with Gasteiger partial charge in [0.05, 0.1) is 5.92 Å². The molecular formula is C10H11BrO3. The van der Waals surface area contributed by atoms with Crippen LogP contribution in [0.15, 0.2) is 28.7 Å². The first-order chi connectivity index (χ1) is 6.66. The van der Waals surface area contributed by atoms with Crippen molar-refractivity contribution in [2.45, 2.75) is 12.3 Å². The Hall–Kier alpha value is -0.870. The summed E-state index contributed by atoms with van der Waals surface area (Å²) in [6.07, 6.45) is 0.234. The fraction of sp³-hybridized carbons (Fsp3) is 0.300. The molecule has 2 N–H and O–H groups in total. The second-order valence-electron chi connectivity index (χ2n) is 2.92. The molecule has 76 valence electrons. The summed E-state index contributed by atoms with van der Waals surface area (Å²) in [6.45, 7) is -0.127. The van der Waals surface area contributed by atoms with E-state index in [9.17, 15) is 4.79 Å². The molecule has 0 radical (unpaired) electrons. The summed E-state index contributed by atoms with van der Waals surface area (Å²) < 4.78 is 0.765. The molecule has 0 aromatic heterocycles. The molecule has 0 heterocycles. The molecule has 0 aliphatic carbocycles. The average Bonchev–Trinajstić information content (AvgIpc) is 2.15. The number of rotatable bonds is 4. The van der Waals surface area contributed by atoms with E-state index in [4.69, 9.17) is 10.2 Å². The Morgan fingerprint density at radius 1 is 1.43 bits per heavy atom. The van der Waals surface area contributed by atoms with Gasteiger partial charge in [-0.05, 0) is 18.1 Å². The molecule has 3 nitrogen and oxygen atoms in total. The highest BCUT2D eigenvalue weighted by atomic mass is 79.9. The van der Waals surface area contributed by atoms with Crippen molar-refractivity contribution in [1.82, 2.24) is 0 Å². The number of benzene rings is 1. The number of aliphatic hydroxyl groups excluding tert-OH is 1. The predicted octanol–water partition coefficient (Wildman–Crippen LogP) is 2.00. The smallest absolute Gasteiger partial charge is 0.311 e. The van der Waals surface area contributed by atoms with Crippen LogP contribution in [0.3, 0.4) is 0 Å². The molecule has 1 rings (SSSR count). The summed E-state index contributed by atoms with van der Waals surface area (Å²) in [7, 11) is 0. The summed E-state index contributed by atoms with van der Waals surface area (Å²) in [5.74, 6) is -1.55. The molecule has 0 aliphatic heterocycles. The molecule has 0 saturated carbocycles. The number of aliphatic carboxylic acids is 1. The third-order valence-electron chi connectivity index (χ3n) is 2.00. The van der Waals surface area contributed by atoms with E-state index < -0.39 is 11.9 Å². The molecule has 0 saturated heterocycles. The number of carboxylic acid groups (broad SMARTS) is 1. The van der Waals surface area contributed by atoms with Crippen LogP contribution in [0.25, 0.3) is 0 Å². The van der Waals surface area contributed by atoms with Gasteiger partial charge in [0.2, 0.25) is 0 Å². The van der Waals surface area contributed by atoms with E-state index in [2.05, 4.69) is 15.9 Å². The van der Waals surface area contributed by atoms with Crippen LogP contribution in [-0.4, -0.2) is 22.8 Å². The Morgan fingerprint density at radius 3 is 2.57 bits per heavy atom. The fourth-order valence-electron chi connectivity index (χ4n) is 1.30. The van der Waals surface area contributed by atoms with E-state index in [0.717, 1.165) is 4.47 Å².